The van der Waals surface area contributed by atoms with E-state index in [1.807, 2.05) is 11.9 Å². The second-order valence-electron chi connectivity index (χ2n) is 5.69. The predicted octanol–water partition coefficient (Wildman–Crippen LogP) is 3.21. The average Bonchev–Trinajstić information content (AvgIpc) is 2.47. The number of aliphatic carboxylic acids is 1. The molecule has 0 saturated heterocycles. The minimum Gasteiger partial charge on any atom is -0.481 e. The highest BCUT2D eigenvalue weighted by Gasteiger charge is 2.38. The van der Waals surface area contributed by atoms with Crippen LogP contribution in [0.3, 0.4) is 0 Å². The smallest absolute Gasteiger partial charge is 0.305 e. The molecule has 0 atom stereocenters. The molecule has 1 aliphatic carbocycles. The molecule has 0 spiro atoms. The fourth-order valence-corrected chi connectivity index (χ4v) is 3.21. The first-order valence-electron chi connectivity index (χ1n) is 7.15. The zero-order chi connectivity index (χ0) is 15.5. The topological polar surface area (TPSA) is 83.7 Å². The molecule has 2 rings (SSSR count). The number of carboxylic acids is 1. The van der Waals surface area contributed by atoms with E-state index in [0.717, 1.165) is 32.1 Å². The number of nitro benzene ring substituents is 1. The molecule has 1 saturated carbocycles. The van der Waals surface area contributed by atoms with Crippen LogP contribution in [0.25, 0.3) is 0 Å². The third-order valence-corrected chi connectivity index (χ3v) is 4.40. The molecule has 1 N–H and O–H groups in total. The van der Waals surface area contributed by atoms with Gasteiger partial charge in [0.05, 0.1) is 16.9 Å². The molecule has 1 fully saturated rings. The first-order chi connectivity index (χ1) is 9.94. The number of rotatable bonds is 5. The summed E-state index contributed by atoms with van der Waals surface area (Å²) in [6.45, 7) is 0. The van der Waals surface area contributed by atoms with Gasteiger partial charge in [-0.2, -0.15) is 0 Å². The lowest BCUT2D eigenvalue weighted by atomic mass is 9.78. The van der Waals surface area contributed by atoms with Gasteiger partial charge in [-0.15, -0.1) is 0 Å². The van der Waals surface area contributed by atoms with Crippen molar-refractivity contribution < 1.29 is 14.8 Å². The van der Waals surface area contributed by atoms with Gasteiger partial charge in [0.2, 0.25) is 0 Å². The van der Waals surface area contributed by atoms with Crippen molar-refractivity contribution in [2.75, 3.05) is 11.9 Å². The van der Waals surface area contributed by atoms with Crippen molar-refractivity contribution in [3.8, 4) is 0 Å². The highest BCUT2D eigenvalue weighted by molar-refractivity contribution is 5.70. The molecule has 0 amide bonds. The normalized spacial score (nSPS) is 17.2. The van der Waals surface area contributed by atoms with Crippen molar-refractivity contribution in [1.29, 1.82) is 0 Å². The van der Waals surface area contributed by atoms with Gasteiger partial charge in [0, 0.05) is 24.9 Å². The Hall–Kier alpha value is -2.11. The Bertz CT molecular complexity index is 538. The van der Waals surface area contributed by atoms with E-state index in [4.69, 9.17) is 0 Å². The average molecular weight is 292 g/mol. The summed E-state index contributed by atoms with van der Waals surface area (Å²) < 4.78 is 0. The number of hydrogen-bond acceptors (Lipinski definition) is 4. The first-order valence-corrected chi connectivity index (χ1v) is 7.15. The molecule has 6 heteroatoms. The minimum atomic E-state index is -0.825. The molecule has 0 aromatic heterocycles. The standard InChI is InChI=1S/C15H20N2O4/c1-16(12-6-5-7-13(10-12)17(20)21)15(11-14(18)19)8-3-2-4-9-15/h5-7,10H,2-4,8-9,11H2,1H3,(H,18,19). The van der Waals surface area contributed by atoms with Crippen LogP contribution < -0.4 is 4.90 Å². The lowest BCUT2D eigenvalue weighted by Crippen LogP contribution is -2.49. The van der Waals surface area contributed by atoms with Crippen LogP contribution in [0.2, 0.25) is 0 Å². The summed E-state index contributed by atoms with van der Waals surface area (Å²) in [5.74, 6) is -0.825. The molecule has 6 nitrogen and oxygen atoms in total. The van der Waals surface area contributed by atoms with Crippen molar-refractivity contribution >= 4 is 17.3 Å². The van der Waals surface area contributed by atoms with Gasteiger partial charge in [0.15, 0.2) is 0 Å². The van der Waals surface area contributed by atoms with E-state index in [2.05, 4.69) is 0 Å². The Morgan fingerprint density at radius 2 is 2.05 bits per heavy atom. The van der Waals surface area contributed by atoms with Crippen LogP contribution >= 0.6 is 0 Å². The van der Waals surface area contributed by atoms with Crippen LogP contribution in [-0.2, 0) is 4.79 Å². The lowest BCUT2D eigenvalue weighted by Gasteiger charge is -2.45. The minimum absolute atomic E-state index is 0.0284. The van der Waals surface area contributed by atoms with E-state index in [9.17, 15) is 20.0 Å². The maximum atomic E-state index is 11.2. The van der Waals surface area contributed by atoms with Gasteiger partial charge in [-0.1, -0.05) is 25.3 Å². The molecule has 0 unspecified atom stereocenters. The Morgan fingerprint density at radius 1 is 1.38 bits per heavy atom. The van der Waals surface area contributed by atoms with Gasteiger partial charge in [0.25, 0.3) is 5.69 Å². The molecule has 0 aliphatic heterocycles. The van der Waals surface area contributed by atoms with E-state index in [1.165, 1.54) is 12.1 Å². The molecule has 0 heterocycles. The summed E-state index contributed by atoms with van der Waals surface area (Å²) in [6.07, 6.45) is 4.77. The van der Waals surface area contributed by atoms with E-state index in [1.54, 1.807) is 12.1 Å². The number of carbonyl (C=O) groups is 1. The van der Waals surface area contributed by atoms with E-state index >= 15 is 0 Å². The monoisotopic (exact) mass is 292 g/mol. The Morgan fingerprint density at radius 3 is 2.62 bits per heavy atom. The lowest BCUT2D eigenvalue weighted by molar-refractivity contribution is -0.384. The van der Waals surface area contributed by atoms with E-state index in [-0.39, 0.29) is 12.1 Å². The molecular formula is C15H20N2O4. The number of nitrogens with zero attached hydrogens (tertiary/aromatic N) is 2. The molecular weight excluding hydrogens is 272 g/mol. The van der Waals surface area contributed by atoms with Gasteiger partial charge in [0.1, 0.15) is 0 Å². The fourth-order valence-electron chi connectivity index (χ4n) is 3.21. The van der Waals surface area contributed by atoms with Crippen LogP contribution in [0, 0.1) is 10.1 Å². The first kappa shape index (κ1) is 15.3. The Balaban J connectivity index is 2.33. The van der Waals surface area contributed by atoms with Crippen molar-refractivity contribution in [1.82, 2.24) is 0 Å². The quantitative estimate of drug-likeness (QED) is 0.665. The Labute approximate surface area is 123 Å². The summed E-state index contributed by atoms with van der Waals surface area (Å²) in [6, 6.07) is 6.40. The van der Waals surface area contributed by atoms with Crippen molar-refractivity contribution in [2.45, 2.75) is 44.1 Å². The molecule has 1 aliphatic rings. The summed E-state index contributed by atoms with van der Waals surface area (Å²) in [4.78, 5) is 23.6. The second-order valence-corrected chi connectivity index (χ2v) is 5.69. The third kappa shape index (κ3) is 3.32. The van der Waals surface area contributed by atoms with Gasteiger partial charge >= 0.3 is 5.97 Å². The number of nitro groups is 1. The van der Waals surface area contributed by atoms with Crippen LogP contribution in [0.15, 0.2) is 24.3 Å². The van der Waals surface area contributed by atoms with Gasteiger partial charge < -0.3 is 10.0 Å². The Kier molecular flexibility index (Phi) is 4.45. The van der Waals surface area contributed by atoms with Crippen LogP contribution in [0.1, 0.15) is 38.5 Å². The van der Waals surface area contributed by atoms with Gasteiger partial charge in [-0.05, 0) is 18.9 Å². The molecule has 21 heavy (non-hydrogen) atoms. The van der Waals surface area contributed by atoms with Gasteiger partial charge in [-0.3, -0.25) is 14.9 Å². The number of hydrogen-bond donors (Lipinski definition) is 1. The SMILES string of the molecule is CN(c1cccc([N+](=O)[O-])c1)C1(CC(=O)O)CCCCC1. The number of carboxylic acid groups (broad SMARTS) is 1. The number of benzene rings is 1. The molecule has 0 radical (unpaired) electrons. The van der Waals surface area contributed by atoms with E-state index in [0.29, 0.717) is 5.69 Å². The molecule has 1 aromatic rings. The maximum absolute atomic E-state index is 11.2. The highest BCUT2D eigenvalue weighted by atomic mass is 16.6. The molecule has 0 bridgehead atoms. The van der Waals surface area contributed by atoms with Crippen molar-refractivity contribution in [3.05, 3.63) is 34.4 Å². The summed E-state index contributed by atoms with van der Waals surface area (Å²) in [5, 5.41) is 20.1. The van der Waals surface area contributed by atoms with Crippen LogP contribution in [-0.4, -0.2) is 28.6 Å². The zero-order valence-corrected chi connectivity index (χ0v) is 12.1. The molecule has 114 valence electrons. The second kappa shape index (κ2) is 6.11. The van der Waals surface area contributed by atoms with E-state index < -0.39 is 16.4 Å². The summed E-state index contributed by atoms with van der Waals surface area (Å²) >= 11 is 0. The number of non-ortho nitro benzene ring substituents is 1. The number of anilines is 1. The third-order valence-electron chi connectivity index (χ3n) is 4.40. The van der Waals surface area contributed by atoms with Crippen LogP contribution in [0.4, 0.5) is 11.4 Å². The van der Waals surface area contributed by atoms with Crippen molar-refractivity contribution in [2.24, 2.45) is 0 Å². The van der Waals surface area contributed by atoms with Crippen molar-refractivity contribution in [3.63, 3.8) is 0 Å². The summed E-state index contributed by atoms with van der Waals surface area (Å²) in [5.41, 5.74) is 0.284. The van der Waals surface area contributed by atoms with Crippen LogP contribution in [0.5, 0.6) is 0 Å². The zero-order valence-electron chi connectivity index (χ0n) is 12.1. The van der Waals surface area contributed by atoms with Gasteiger partial charge in [-0.25, -0.2) is 0 Å². The fraction of sp³-hybridized carbons (Fsp3) is 0.533. The predicted molar refractivity (Wildman–Crippen MR) is 79.6 cm³/mol. The summed E-state index contributed by atoms with van der Waals surface area (Å²) in [7, 11) is 1.84. The highest BCUT2D eigenvalue weighted by Crippen LogP contribution is 2.39. The maximum Gasteiger partial charge on any atom is 0.305 e. The largest absolute Gasteiger partial charge is 0.481 e. The molecule has 1 aromatic carbocycles.